The highest BCUT2D eigenvalue weighted by Gasteiger charge is 2.32. The van der Waals surface area contributed by atoms with E-state index in [4.69, 9.17) is 10.00 Å². The molecule has 0 bridgehead atoms. The van der Waals surface area contributed by atoms with E-state index in [0.29, 0.717) is 18.7 Å². The van der Waals surface area contributed by atoms with Crippen molar-refractivity contribution in [1.82, 2.24) is 9.21 Å². The SMILES string of the molecule is C=CC(C(=O)OC)N1CCN(S(=O)(=O)c2ccc(C#N)cc2)CC1. The second-order valence-electron chi connectivity index (χ2n) is 5.28. The first-order valence-corrected chi connectivity index (χ1v) is 8.82. The normalized spacial score (nSPS) is 17.7. The van der Waals surface area contributed by atoms with Gasteiger partial charge in [0.15, 0.2) is 0 Å². The first kappa shape index (κ1) is 18.1. The fraction of sp³-hybridized carbons (Fsp3) is 0.375. The maximum Gasteiger partial charge on any atom is 0.327 e. The molecule has 1 saturated heterocycles. The van der Waals surface area contributed by atoms with Crippen LogP contribution in [0.3, 0.4) is 0 Å². The highest BCUT2D eigenvalue weighted by molar-refractivity contribution is 7.89. The molecule has 1 atom stereocenters. The fourth-order valence-electron chi connectivity index (χ4n) is 2.59. The van der Waals surface area contributed by atoms with Gasteiger partial charge in [0.2, 0.25) is 10.0 Å². The predicted octanol–water partition coefficient (Wildman–Crippen LogP) is 0.592. The molecule has 128 valence electrons. The summed E-state index contributed by atoms with van der Waals surface area (Å²) in [7, 11) is -2.30. The Hall–Kier alpha value is -2.21. The Labute approximate surface area is 141 Å². The van der Waals surface area contributed by atoms with Crippen LogP contribution in [0.2, 0.25) is 0 Å². The number of hydrogen-bond donors (Lipinski definition) is 0. The van der Waals surface area contributed by atoms with Crippen molar-refractivity contribution < 1.29 is 17.9 Å². The number of ether oxygens (including phenoxy) is 1. The van der Waals surface area contributed by atoms with Gasteiger partial charge >= 0.3 is 5.97 Å². The zero-order valence-electron chi connectivity index (χ0n) is 13.4. The van der Waals surface area contributed by atoms with Crippen LogP contribution in [-0.2, 0) is 19.6 Å². The first-order chi connectivity index (χ1) is 11.4. The molecule has 1 heterocycles. The van der Waals surface area contributed by atoms with Gasteiger partial charge < -0.3 is 4.74 Å². The third-order valence-electron chi connectivity index (χ3n) is 3.95. The summed E-state index contributed by atoms with van der Waals surface area (Å²) < 4.78 is 31.4. The van der Waals surface area contributed by atoms with E-state index in [2.05, 4.69) is 6.58 Å². The summed E-state index contributed by atoms with van der Waals surface area (Å²) in [6.45, 7) is 4.98. The largest absolute Gasteiger partial charge is 0.468 e. The topological polar surface area (TPSA) is 90.7 Å². The standard InChI is InChI=1S/C16H19N3O4S/c1-3-15(16(20)23-2)18-8-10-19(11-9-18)24(21,22)14-6-4-13(12-17)5-7-14/h3-7,15H,1,8-11H2,2H3. The molecule has 24 heavy (non-hydrogen) atoms. The molecule has 1 aliphatic rings. The Kier molecular flexibility index (Phi) is 5.72. The van der Waals surface area contributed by atoms with Crippen molar-refractivity contribution in [3.63, 3.8) is 0 Å². The lowest BCUT2D eigenvalue weighted by atomic mass is 10.2. The van der Waals surface area contributed by atoms with Crippen LogP contribution in [0.5, 0.6) is 0 Å². The third kappa shape index (κ3) is 3.64. The molecule has 7 nitrogen and oxygen atoms in total. The number of rotatable bonds is 5. The summed E-state index contributed by atoms with van der Waals surface area (Å²) in [6.07, 6.45) is 1.50. The van der Waals surface area contributed by atoms with Crippen molar-refractivity contribution in [2.45, 2.75) is 10.9 Å². The molecule has 0 spiro atoms. The second-order valence-corrected chi connectivity index (χ2v) is 7.22. The van der Waals surface area contributed by atoms with Gasteiger partial charge in [-0.15, -0.1) is 6.58 Å². The molecule has 1 aromatic rings. The van der Waals surface area contributed by atoms with Gasteiger partial charge in [-0.05, 0) is 24.3 Å². The molecule has 0 amide bonds. The molecule has 1 fully saturated rings. The lowest BCUT2D eigenvalue weighted by Crippen LogP contribution is -2.53. The predicted molar refractivity (Wildman–Crippen MR) is 87.5 cm³/mol. The minimum absolute atomic E-state index is 0.156. The van der Waals surface area contributed by atoms with Crippen LogP contribution >= 0.6 is 0 Å². The number of nitriles is 1. The summed E-state index contributed by atoms with van der Waals surface area (Å²) >= 11 is 0. The average Bonchev–Trinajstić information content (AvgIpc) is 2.62. The molecule has 1 aromatic carbocycles. The monoisotopic (exact) mass is 349 g/mol. The fourth-order valence-corrected chi connectivity index (χ4v) is 4.01. The van der Waals surface area contributed by atoms with E-state index in [0.717, 1.165) is 0 Å². The number of carbonyl (C=O) groups is 1. The maximum atomic E-state index is 12.6. The van der Waals surface area contributed by atoms with Crippen LogP contribution in [0.1, 0.15) is 5.56 Å². The lowest BCUT2D eigenvalue weighted by molar-refractivity contribution is -0.145. The number of esters is 1. The molecular formula is C16H19N3O4S. The van der Waals surface area contributed by atoms with E-state index in [1.165, 1.54) is 41.8 Å². The van der Waals surface area contributed by atoms with Gasteiger partial charge in [0, 0.05) is 26.2 Å². The van der Waals surface area contributed by atoms with Gasteiger partial charge in [-0.2, -0.15) is 9.57 Å². The summed E-state index contributed by atoms with van der Waals surface area (Å²) in [5.74, 6) is -0.409. The second kappa shape index (κ2) is 7.57. The Balaban J connectivity index is 2.09. The van der Waals surface area contributed by atoms with Crippen molar-refractivity contribution in [2.24, 2.45) is 0 Å². The summed E-state index contributed by atoms with van der Waals surface area (Å²) in [4.78, 5) is 13.7. The summed E-state index contributed by atoms with van der Waals surface area (Å²) in [5, 5.41) is 8.79. The zero-order chi connectivity index (χ0) is 17.7. The van der Waals surface area contributed by atoms with Gasteiger partial charge in [0.25, 0.3) is 0 Å². The molecule has 0 saturated carbocycles. The molecule has 1 unspecified atom stereocenters. The summed E-state index contributed by atoms with van der Waals surface area (Å²) in [6, 6.07) is 7.21. The Morgan fingerprint density at radius 3 is 2.33 bits per heavy atom. The Morgan fingerprint density at radius 2 is 1.88 bits per heavy atom. The van der Waals surface area contributed by atoms with E-state index in [1.807, 2.05) is 11.0 Å². The number of nitrogens with zero attached hydrogens (tertiary/aromatic N) is 3. The van der Waals surface area contributed by atoms with Gasteiger partial charge in [-0.1, -0.05) is 6.08 Å². The van der Waals surface area contributed by atoms with Gasteiger partial charge in [-0.25, -0.2) is 8.42 Å². The summed E-state index contributed by atoms with van der Waals surface area (Å²) in [5.41, 5.74) is 0.408. The minimum atomic E-state index is -3.61. The van der Waals surface area contributed by atoms with E-state index in [1.54, 1.807) is 0 Å². The number of carbonyl (C=O) groups excluding carboxylic acids is 1. The van der Waals surface area contributed by atoms with Gasteiger partial charge in [-0.3, -0.25) is 9.69 Å². The number of benzene rings is 1. The van der Waals surface area contributed by atoms with Crippen molar-refractivity contribution in [3.05, 3.63) is 42.5 Å². The molecule has 2 rings (SSSR count). The number of hydrogen-bond acceptors (Lipinski definition) is 6. The smallest absolute Gasteiger partial charge is 0.327 e. The van der Waals surface area contributed by atoms with Crippen LogP contribution in [0, 0.1) is 11.3 Å². The van der Waals surface area contributed by atoms with Crippen molar-refractivity contribution in [2.75, 3.05) is 33.3 Å². The van der Waals surface area contributed by atoms with E-state index < -0.39 is 22.0 Å². The van der Waals surface area contributed by atoms with Gasteiger partial charge in [0.1, 0.15) is 6.04 Å². The highest BCUT2D eigenvalue weighted by Crippen LogP contribution is 2.19. The number of methoxy groups -OCH3 is 1. The van der Waals surface area contributed by atoms with Crippen molar-refractivity contribution in [3.8, 4) is 6.07 Å². The van der Waals surface area contributed by atoms with E-state index >= 15 is 0 Å². The van der Waals surface area contributed by atoms with Crippen LogP contribution < -0.4 is 0 Å². The molecule has 0 radical (unpaired) electrons. The lowest BCUT2D eigenvalue weighted by Gasteiger charge is -2.36. The van der Waals surface area contributed by atoms with Crippen LogP contribution in [-0.4, -0.2) is 62.9 Å². The van der Waals surface area contributed by atoms with E-state index in [9.17, 15) is 13.2 Å². The Morgan fingerprint density at radius 1 is 1.29 bits per heavy atom. The maximum absolute atomic E-state index is 12.6. The Bertz CT molecular complexity index is 745. The van der Waals surface area contributed by atoms with Crippen molar-refractivity contribution >= 4 is 16.0 Å². The van der Waals surface area contributed by atoms with Crippen LogP contribution in [0.25, 0.3) is 0 Å². The van der Waals surface area contributed by atoms with Gasteiger partial charge in [0.05, 0.1) is 23.6 Å². The quantitative estimate of drug-likeness (QED) is 0.571. The highest BCUT2D eigenvalue weighted by atomic mass is 32.2. The van der Waals surface area contributed by atoms with E-state index in [-0.39, 0.29) is 18.0 Å². The molecular weight excluding hydrogens is 330 g/mol. The molecule has 8 heteroatoms. The average molecular weight is 349 g/mol. The molecule has 0 aliphatic carbocycles. The molecule has 1 aliphatic heterocycles. The first-order valence-electron chi connectivity index (χ1n) is 7.38. The molecule has 0 aromatic heterocycles. The van der Waals surface area contributed by atoms with Crippen LogP contribution in [0.4, 0.5) is 0 Å². The minimum Gasteiger partial charge on any atom is -0.468 e. The number of piperazine rings is 1. The molecule has 0 N–H and O–H groups in total. The van der Waals surface area contributed by atoms with Crippen molar-refractivity contribution in [1.29, 1.82) is 5.26 Å². The third-order valence-corrected chi connectivity index (χ3v) is 5.87. The number of sulfonamides is 1. The van der Waals surface area contributed by atoms with Crippen LogP contribution in [0.15, 0.2) is 41.8 Å². The zero-order valence-corrected chi connectivity index (χ0v) is 14.2.